The molecule has 0 atom stereocenters. The van der Waals surface area contributed by atoms with Gasteiger partial charge in [0.1, 0.15) is 5.82 Å². The van der Waals surface area contributed by atoms with Crippen LogP contribution < -0.4 is 5.73 Å². The van der Waals surface area contributed by atoms with Gasteiger partial charge in [-0.2, -0.15) is 0 Å². The Hall–Kier alpha value is -1.90. The summed E-state index contributed by atoms with van der Waals surface area (Å²) in [4.78, 5) is 0. The number of nitrogen functional groups attached to an aromatic ring is 1. The third-order valence-electron chi connectivity index (χ3n) is 2.95. The minimum absolute atomic E-state index is 0.453. The lowest BCUT2D eigenvalue weighted by Gasteiger charge is -2.08. The van der Waals surface area contributed by atoms with Gasteiger partial charge in [-0.05, 0) is 42.2 Å². The summed E-state index contributed by atoms with van der Waals surface area (Å²) in [6, 6.07) is 10.1. The van der Waals surface area contributed by atoms with E-state index in [0.717, 1.165) is 24.1 Å². The molecule has 3 nitrogen and oxygen atoms in total. The summed E-state index contributed by atoms with van der Waals surface area (Å²) < 4.78 is 0. The van der Waals surface area contributed by atoms with E-state index in [1.54, 1.807) is 6.07 Å². The molecule has 17 heavy (non-hydrogen) atoms. The van der Waals surface area contributed by atoms with E-state index < -0.39 is 0 Å². The monoisotopic (exact) mass is 227 g/mol. The number of hydrogen-bond donors (Lipinski definition) is 1. The van der Waals surface area contributed by atoms with Gasteiger partial charge in [0.25, 0.3) is 0 Å². The van der Waals surface area contributed by atoms with Crippen molar-refractivity contribution in [2.24, 2.45) is 0 Å². The van der Waals surface area contributed by atoms with Crippen LogP contribution in [0.5, 0.6) is 0 Å². The highest BCUT2D eigenvalue weighted by Crippen LogP contribution is 2.21. The summed E-state index contributed by atoms with van der Waals surface area (Å²) >= 11 is 0. The molecule has 2 N–H and O–H groups in total. The SMILES string of the molecule is CCc1ccc(-c2ccc(N)nn2)cc1CC. The van der Waals surface area contributed by atoms with Crippen molar-refractivity contribution in [3.05, 3.63) is 41.5 Å². The number of hydrogen-bond acceptors (Lipinski definition) is 3. The molecule has 1 heterocycles. The first-order valence-corrected chi connectivity index (χ1v) is 5.96. The van der Waals surface area contributed by atoms with E-state index in [-0.39, 0.29) is 0 Å². The Balaban J connectivity index is 2.42. The molecular formula is C14H17N3. The van der Waals surface area contributed by atoms with Crippen molar-refractivity contribution in [2.45, 2.75) is 26.7 Å². The second-order valence-electron chi connectivity index (χ2n) is 4.03. The Morgan fingerprint density at radius 1 is 0.941 bits per heavy atom. The summed E-state index contributed by atoms with van der Waals surface area (Å²) in [5.41, 5.74) is 10.3. The second kappa shape index (κ2) is 4.95. The number of rotatable bonds is 3. The normalized spacial score (nSPS) is 10.5. The van der Waals surface area contributed by atoms with Crippen LogP contribution in [0.25, 0.3) is 11.3 Å². The van der Waals surface area contributed by atoms with Gasteiger partial charge in [-0.3, -0.25) is 0 Å². The molecule has 0 saturated carbocycles. The molecule has 0 aliphatic heterocycles. The molecule has 0 saturated heterocycles. The van der Waals surface area contributed by atoms with Crippen LogP contribution in [0.1, 0.15) is 25.0 Å². The van der Waals surface area contributed by atoms with Crippen molar-refractivity contribution in [1.29, 1.82) is 0 Å². The van der Waals surface area contributed by atoms with Crippen molar-refractivity contribution in [3.63, 3.8) is 0 Å². The van der Waals surface area contributed by atoms with Gasteiger partial charge in [-0.15, -0.1) is 10.2 Å². The maximum atomic E-state index is 5.53. The second-order valence-corrected chi connectivity index (χ2v) is 4.03. The lowest BCUT2D eigenvalue weighted by atomic mass is 9.99. The van der Waals surface area contributed by atoms with Gasteiger partial charge in [0, 0.05) is 5.56 Å². The molecule has 0 radical (unpaired) electrons. The Bertz CT molecular complexity index is 503. The Labute approximate surface area is 102 Å². The number of aromatic nitrogens is 2. The van der Waals surface area contributed by atoms with E-state index in [1.165, 1.54) is 11.1 Å². The molecule has 3 heteroatoms. The number of nitrogens with two attached hydrogens (primary N) is 1. The standard InChI is InChI=1S/C14H17N3/c1-3-10-5-6-12(9-11(10)4-2)13-7-8-14(15)17-16-13/h5-9H,3-4H2,1-2H3,(H2,15,17). The van der Waals surface area contributed by atoms with Crippen LogP contribution in [0.15, 0.2) is 30.3 Å². The molecular weight excluding hydrogens is 210 g/mol. The average Bonchev–Trinajstić information content (AvgIpc) is 2.39. The van der Waals surface area contributed by atoms with E-state index in [2.05, 4.69) is 42.2 Å². The molecule has 0 bridgehead atoms. The fourth-order valence-electron chi connectivity index (χ4n) is 1.96. The highest BCUT2D eigenvalue weighted by Gasteiger charge is 2.04. The fourth-order valence-corrected chi connectivity index (χ4v) is 1.96. The Morgan fingerprint density at radius 2 is 1.71 bits per heavy atom. The maximum absolute atomic E-state index is 5.53. The lowest BCUT2D eigenvalue weighted by molar-refractivity contribution is 1.03. The molecule has 0 spiro atoms. The molecule has 1 aromatic heterocycles. The van der Waals surface area contributed by atoms with Crippen molar-refractivity contribution in [2.75, 3.05) is 5.73 Å². The predicted octanol–water partition coefficient (Wildman–Crippen LogP) is 2.85. The minimum atomic E-state index is 0.453. The zero-order valence-electron chi connectivity index (χ0n) is 10.3. The minimum Gasteiger partial charge on any atom is -0.382 e. The van der Waals surface area contributed by atoms with Crippen LogP contribution in [0.2, 0.25) is 0 Å². The zero-order valence-corrected chi connectivity index (χ0v) is 10.3. The van der Waals surface area contributed by atoms with Crippen molar-refractivity contribution in [1.82, 2.24) is 10.2 Å². The van der Waals surface area contributed by atoms with Gasteiger partial charge in [-0.1, -0.05) is 26.0 Å². The molecule has 0 unspecified atom stereocenters. The van der Waals surface area contributed by atoms with E-state index in [9.17, 15) is 0 Å². The van der Waals surface area contributed by atoms with Crippen molar-refractivity contribution < 1.29 is 0 Å². The summed E-state index contributed by atoms with van der Waals surface area (Å²) in [6.45, 7) is 4.35. The predicted molar refractivity (Wildman–Crippen MR) is 70.6 cm³/mol. The van der Waals surface area contributed by atoms with Crippen LogP contribution in [0.3, 0.4) is 0 Å². The molecule has 2 rings (SSSR count). The summed E-state index contributed by atoms with van der Waals surface area (Å²) in [7, 11) is 0. The largest absolute Gasteiger partial charge is 0.382 e. The van der Waals surface area contributed by atoms with Gasteiger partial charge >= 0.3 is 0 Å². The van der Waals surface area contributed by atoms with Crippen LogP contribution in [-0.2, 0) is 12.8 Å². The van der Waals surface area contributed by atoms with Gasteiger partial charge in [0.05, 0.1) is 5.69 Å². The third kappa shape index (κ3) is 2.44. The fraction of sp³-hybridized carbons (Fsp3) is 0.286. The average molecular weight is 227 g/mol. The number of benzene rings is 1. The Kier molecular flexibility index (Phi) is 3.38. The first kappa shape index (κ1) is 11.6. The number of nitrogens with zero attached hydrogens (tertiary/aromatic N) is 2. The highest BCUT2D eigenvalue weighted by molar-refractivity contribution is 5.61. The van der Waals surface area contributed by atoms with E-state index in [4.69, 9.17) is 5.73 Å². The third-order valence-corrected chi connectivity index (χ3v) is 2.95. The van der Waals surface area contributed by atoms with E-state index >= 15 is 0 Å². The van der Waals surface area contributed by atoms with Gasteiger partial charge < -0.3 is 5.73 Å². The van der Waals surface area contributed by atoms with Crippen LogP contribution in [0, 0.1) is 0 Å². The molecule has 1 aromatic carbocycles. The first-order valence-electron chi connectivity index (χ1n) is 5.96. The van der Waals surface area contributed by atoms with Crippen LogP contribution >= 0.6 is 0 Å². The van der Waals surface area contributed by atoms with E-state index in [1.807, 2.05) is 6.07 Å². The molecule has 0 aliphatic carbocycles. The lowest BCUT2D eigenvalue weighted by Crippen LogP contribution is -1.96. The molecule has 2 aromatic rings. The van der Waals surface area contributed by atoms with Crippen LogP contribution in [-0.4, -0.2) is 10.2 Å². The van der Waals surface area contributed by atoms with Gasteiger partial charge in [0.15, 0.2) is 0 Å². The zero-order chi connectivity index (χ0) is 12.3. The molecule has 0 fully saturated rings. The molecule has 88 valence electrons. The highest BCUT2D eigenvalue weighted by atomic mass is 15.1. The quantitative estimate of drug-likeness (QED) is 0.877. The summed E-state index contributed by atoms with van der Waals surface area (Å²) in [5.74, 6) is 0.453. The maximum Gasteiger partial charge on any atom is 0.146 e. The number of anilines is 1. The first-order chi connectivity index (χ1) is 8.24. The van der Waals surface area contributed by atoms with E-state index in [0.29, 0.717) is 5.82 Å². The molecule has 0 amide bonds. The summed E-state index contributed by atoms with van der Waals surface area (Å²) in [5, 5.41) is 7.99. The number of aryl methyl sites for hydroxylation is 2. The van der Waals surface area contributed by atoms with Crippen LogP contribution in [0.4, 0.5) is 5.82 Å². The Morgan fingerprint density at radius 3 is 2.29 bits per heavy atom. The topological polar surface area (TPSA) is 51.8 Å². The molecule has 0 aliphatic rings. The van der Waals surface area contributed by atoms with Gasteiger partial charge in [0.2, 0.25) is 0 Å². The van der Waals surface area contributed by atoms with Crippen molar-refractivity contribution >= 4 is 5.82 Å². The van der Waals surface area contributed by atoms with Crippen molar-refractivity contribution in [3.8, 4) is 11.3 Å². The smallest absolute Gasteiger partial charge is 0.146 e. The summed E-state index contributed by atoms with van der Waals surface area (Å²) in [6.07, 6.45) is 2.11. The van der Waals surface area contributed by atoms with Gasteiger partial charge in [-0.25, -0.2) is 0 Å².